The minimum atomic E-state index is -0.765. The predicted molar refractivity (Wildman–Crippen MR) is 107 cm³/mol. The quantitative estimate of drug-likeness (QED) is 0.430. The number of carbonyl (C=O) groups is 3. The fraction of sp³-hybridized carbons (Fsp3) is 0.0556. The number of urea groups is 1. The van der Waals surface area contributed by atoms with Crippen LogP contribution in [0.25, 0.3) is 6.08 Å². The lowest BCUT2D eigenvalue weighted by Crippen LogP contribution is -2.38. The molecule has 1 saturated heterocycles. The average Bonchev–Trinajstić information content (AvgIpc) is 2.88. The van der Waals surface area contributed by atoms with Gasteiger partial charge in [-0.25, -0.2) is 14.1 Å². The summed E-state index contributed by atoms with van der Waals surface area (Å²) in [5.41, 5.74) is 0.542. The maximum Gasteiger partial charge on any atom is 0.329 e. The van der Waals surface area contributed by atoms with Crippen LogP contribution >= 0.6 is 31.9 Å². The first-order chi connectivity index (χ1) is 13.2. The minimum absolute atomic E-state index is 0.0834. The van der Waals surface area contributed by atoms with E-state index in [1.165, 1.54) is 30.3 Å². The molecule has 28 heavy (non-hydrogen) atoms. The Balaban J connectivity index is 1.74. The summed E-state index contributed by atoms with van der Waals surface area (Å²) in [6.45, 7) is -0.520. The molecule has 0 aromatic heterocycles. The van der Waals surface area contributed by atoms with E-state index in [0.29, 0.717) is 20.2 Å². The van der Waals surface area contributed by atoms with Crippen LogP contribution in [0.15, 0.2) is 51.0 Å². The van der Waals surface area contributed by atoms with Crippen molar-refractivity contribution in [3.8, 4) is 5.75 Å². The van der Waals surface area contributed by atoms with Gasteiger partial charge in [0.25, 0.3) is 5.91 Å². The lowest BCUT2D eigenvalue weighted by molar-refractivity contribution is -0.127. The number of hydrogen-bond acceptors (Lipinski definition) is 4. The molecule has 0 unspecified atom stereocenters. The molecule has 3 N–H and O–H groups in total. The van der Waals surface area contributed by atoms with Gasteiger partial charge in [-0.2, -0.15) is 0 Å². The van der Waals surface area contributed by atoms with Crippen molar-refractivity contribution >= 4 is 61.5 Å². The SMILES string of the molecule is O=C(CN1C(=O)N/C(=C\c2cc(Br)cc(Br)c2O)C1=O)Nc1ccc(F)cc1. The molecule has 0 atom stereocenters. The number of rotatable bonds is 4. The molecular formula is C18H12Br2FN3O4. The van der Waals surface area contributed by atoms with Gasteiger partial charge < -0.3 is 15.7 Å². The van der Waals surface area contributed by atoms with Crippen molar-refractivity contribution in [1.82, 2.24) is 10.2 Å². The van der Waals surface area contributed by atoms with Gasteiger partial charge in [0.15, 0.2) is 0 Å². The third-order valence-corrected chi connectivity index (χ3v) is 4.81. The number of hydrogen-bond donors (Lipinski definition) is 3. The lowest BCUT2D eigenvalue weighted by Gasteiger charge is -2.12. The second-order valence-electron chi connectivity index (χ2n) is 5.76. The monoisotopic (exact) mass is 511 g/mol. The number of phenols is 1. The molecule has 10 heteroatoms. The van der Waals surface area contributed by atoms with Crippen LogP contribution in [0.2, 0.25) is 0 Å². The van der Waals surface area contributed by atoms with Gasteiger partial charge >= 0.3 is 6.03 Å². The summed E-state index contributed by atoms with van der Waals surface area (Å²) in [7, 11) is 0. The van der Waals surface area contributed by atoms with Crippen LogP contribution in [0.3, 0.4) is 0 Å². The molecule has 0 radical (unpaired) electrons. The van der Waals surface area contributed by atoms with E-state index in [4.69, 9.17) is 0 Å². The summed E-state index contributed by atoms with van der Waals surface area (Å²) in [6, 6.07) is 7.49. The van der Waals surface area contributed by atoms with Gasteiger partial charge in [0.05, 0.1) is 4.47 Å². The number of imide groups is 1. The Labute approximate surface area is 175 Å². The van der Waals surface area contributed by atoms with Crippen LogP contribution in [-0.2, 0) is 9.59 Å². The highest BCUT2D eigenvalue weighted by Gasteiger charge is 2.35. The molecule has 0 bridgehead atoms. The van der Waals surface area contributed by atoms with Crippen LogP contribution in [-0.4, -0.2) is 34.4 Å². The number of benzene rings is 2. The van der Waals surface area contributed by atoms with Crippen molar-refractivity contribution in [1.29, 1.82) is 0 Å². The Morgan fingerprint density at radius 1 is 1.21 bits per heavy atom. The Bertz CT molecular complexity index is 1010. The molecule has 0 saturated carbocycles. The van der Waals surface area contributed by atoms with Crippen molar-refractivity contribution < 1.29 is 23.9 Å². The summed E-state index contributed by atoms with van der Waals surface area (Å²) in [4.78, 5) is 37.4. The zero-order valence-electron chi connectivity index (χ0n) is 14.0. The van der Waals surface area contributed by atoms with Gasteiger partial charge in [-0.1, -0.05) is 15.9 Å². The largest absolute Gasteiger partial charge is 0.506 e. The van der Waals surface area contributed by atoms with Crippen molar-refractivity contribution in [3.63, 3.8) is 0 Å². The van der Waals surface area contributed by atoms with Crippen molar-refractivity contribution in [2.24, 2.45) is 0 Å². The van der Waals surface area contributed by atoms with Crippen LogP contribution in [0.4, 0.5) is 14.9 Å². The standard InChI is InChI=1S/C18H12Br2FN3O4/c19-10-5-9(16(26)13(20)7-10)6-14-17(27)24(18(28)23-14)8-15(25)22-12-3-1-11(21)2-4-12/h1-7,26H,8H2,(H,22,25)(H,23,28)/b14-6-. The zero-order valence-corrected chi connectivity index (χ0v) is 17.2. The highest BCUT2D eigenvalue weighted by Crippen LogP contribution is 2.33. The molecule has 0 aliphatic carbocycles. The van der Waals surface area contributed by atoms with E-state index >= 15 is 0 Å². The number of anilines is 1. The number of nitrogens with one attached hydrogen (secondary N) is 2. The first kappa shape index (κ1) is 20.0. The minimum Gasteiger partial charge on any atom is -0.506 e. The normalized spacial score (nSPS) is 15.1. The van der Waals surface area contributed by atoms with Crippen molar-refractivity contribution in [3.05, 3.63) is 62.4 Å². The van der Waals surface area contributed by atoms with Crippen molar-refractivity contribution in [2.45, 2.75) is 0 Å². The molecule has 2 aromatic rings. The predicted octanol–water partition coefficient (Wildman–Crippen LogP) is 3.59. The first-order valence-corrected chi connectivity index (χ1v) is 9.41. The average molecular weight is 513 g/mol. The van der Waals surface area contributed by atoms with Crippen molar-refractivity contribution in [2.75, 3.05) is 11.9 Å². The van der Waals surface area contributed by atoms with Gasteiger partial charge in [0.1, 0.15) is 23.8 Å². The van der Waals surface area contributed by atoms with Crippen LogP contribution in [0.5, 0.6) is 5.75 Å². The second kappa shape index (κ2) is 8.11. The van der Waals surface area contributed by atoms with E-state index < -0.39 is 30.2 Å². The summed E-state index contributed by atoms with van der Waals surface area (Å²) in [6.07, 6.45) is 1.31. The number of carbonyl (C=O) groups excluding carboxylic acids is 3. The van der Waals surface area contributed by atoms with E-state index in [2.05, 4.69) is 42.5 Å². The number of amides is 4. The molecule has 1 heterocycles. The molecule has 144 valence electrons. The Hall–Kier alpha value is -2.72. The summed E-state index contributed by atoms with van der Waals surface area (Å²) in [5, 5.41) is 14.9. The molecule has 4 amide bonds. The highest BCUT2D eigenvalue weighted by atomic mass is 79.9. The Kier molecular flexibility index (Phi) is 5.80. The van der Waals surface area contributed by atoms with Gasteiger partial charge in [-0.15, -0.1) is 0 Å². The van der Waals surface area contributed by atoms with E-state index in [0.717, 1.165) is 4.90 Å². The first-order valence-electron chi connectivity index (χ1n) is 7.82. The maximum atomic E-state index is 12.9. The van der Waals surface area contributed by atoms with E-state index in [9.17, 15) is 23.9 Å². The number of halogens is 3. The fourth-order valence-corrected chi connectivity index (χ4v) is 3.70. The summed E-state index contributed by atoms with van der Waals surface area (Å²) in [5.74, 6) is -1.89. The number of aromatic hydroxyl groups is 1. The van der Waals surface area contributed by atoms with Crippen LogP contribution < -0.4 is 10.6 Å². The highest BCUT2D eigenvalue weighted by molar-refractivity contribution is 9.11. The molecule has 7 nitrogen and oxygen atoms in total. The topological polar surface area (TPSA) is 98.7 Å². The number of nitrogens with zero attached hydrogens (tertiary/aromatic N) is 1. The molecule has 1 aliphatic heterocycles. The smallest absolute Gasteiger partial charge is 0.329 e. The second-order valence-corrected chi connectivity index (χ2v) is 7.53. The zero-order chi connectivity index (χ0) is 20.4. The van der Waals surface area contributed by atoms with Gasteiger partial charge in [-0.3, -0.25) is 9.59 Å². The van der Waals surface area contributed by atoms with Gasteiger partial charge in [0, 0.05) is 15.7 Å². The van der Waals surface area contributed by atoms with Gasteiger partial charge in [0.2, 0.25) is 5.91 Å². The number of phenolic OH excluding ortho intramolecular Hbond substituents is 1. The molecule has 2 aromatic carbocycles. The van der Waals surface area contributed by atoms with Gasteiger partial charge in [-0.05, 0) is 58.4 Å². The maximum absolute atomic E-state index is 12.9. The molecular weight excluding hydrogens is 501 g/mol. The molecule has 1 aliphatic rings. The third-order valence-electron chi connectivity index (χ3n) is 3.75. The van der Waals surface area contributed by atoms with E-state index in [1.54, 1.807) is 12.1 Å². The summed E-state index contributed by atoms with van der Waals surface area (Å²) < 4.78 is 14.0. The fourth-order valence-electron chi connectivity index (χ4n) is 2.44. The Morgan fingerprint density at radius 3 is 2.57 bits per heavy atom. The lowest BCUT2D eigenvalue weighted by atomic mass is 10.1. The van der Waals surface area contributed by atoms with Crippen LogP contribution in [0, 0.1) is 5.82 Å². The van der Waals surface area contributed by atoms with E-state index in [-0.39, 0.29) is 11.4 Å². The van der Waals surface area contributed by atoms with Crippen LogP contribution in [0.1, 0.15) is 5.56 Å². The third kappa shape index (κ3) is 4.39. The molecule has 0 spiro atoms. The Morgan fingerprint density at radius 2 is 1.89 bits per heavy atom. The van der Waals surface area contributed by atoms with E-state index in [1.807, 2.05) is 0 Å². The molecule has 3 rings (SSSR count). The summed E-state index contributed by atoms with van der Waals surface area (Å²) >= 11 is 6.46. The molecule has 1 fully saturated rings.